The van der Waals surface area contributed by atoms with Gasteiger partial charge in [-0.25, -0.2) is 9.97 Å². The van der Waals surface area contributed by atoms with Gasteiger partial charge in [0.25, 0.3) is 0 Å². The van der Waals surface area contributed by atoms with E-state index in [-0.39, 0.29) is 0 Å². The van der Waals surface area contributed by atoms with Crippen molar-refractivity contribution in [1.29, 1.82) is 0 Å². The predicted molar refractivity (Wildman–Crippen MR) is 65.7 cm³/mol. The van der Waals surface area contributed by atoms with E-state index < -0.39 is 0 Å². The van der Waals surface area contributed by atoms with Gasteiger partial charge in [0, 0.05) is 12.4 Å². The van der Waals surface area contributed by atoms with Gasteiger partial charge in [-0.1, -0.05) is 6.92 Å². The van der Waals surface area contributed by atoms with Crippen molar-refractivity contribution in [2.45, 2.75) is 20.3 Å². The first-order valence-electron chi connectivity index (χ1n) is 5.27. The first kappa shape index (κ1) is 11.0. The highest BCUT2D eigenvalue weighted by molar-refractivity contribution is 7.80. The first-order valence-corrected chi connectivity index (χ1v) is 5.67. The summed E-state index contributed by atoms with van der Waals surface area (Å²) in [6.07, 6.45) is 4.50. The maximum atomic E-state index is 5.33. The van der Waals surface area contributed by atoms with Crippen molar-refractivity contribution in [2.75, 3.05) is 6.61 Å². The molecule has 0 aliphatic heterocycles. The lowest BCUT2D eigenvalue weighted by Crippen LogP contribution is -2.07. The normalized spacial score (nSPS) is 10.6. The molecule has 0 amide bonds. The topological polar surface area (TPSA) is 39.4 Å². The van der Waals surface area contributed by atoms with Crippen molar-refractivity contribution in [2.24, 2.45) is 0 Å². The summed E-state index contributed by atoms with van der Waals surface area (Å²) in [5, 5.41) is 0.449. The summed E-state index contributed by atoms with van der Waals surface area (Å²) in [5.74, 6) is 0.663. The molecule has 2 aromatic rings. The van der Waals surface area contributed by atoms with Gasteiger partial charge in [0.15, 0.2) is 0 Å². The third-order valence-corrected chi connectivity index (χ3v) is 2.62. The summed E-state index contributed by atoms with van der Waals surface area (Å²) in [4.78, 5) is 8.58. The standard InChI is InChI=1S/C11H13N3OS/c1-3-8-9(10(16)15-4-2)13-11-12-6-5-7-14(8)11/h5-7H,3-4H2,1-2H3. The Balaban J connectivity index is 2.56. The van der Waals surface area contributed by atoms with Crippen molar-refractivity contribution >= 4 is 23.0 Å². The number of rotatable bonds is 3. The average Bonchev–Trinajstić information content (AvgIpc) is 2.67. The molecule has 0 radical (unpaired) electrons. The predicted octanol–water partition coefficient (Wildman–Crippen LogP) is 2.00. The van der Waals surface area contributed by atoms with E-state index in [1.54, 1.807) is 6.20 Å². The molecule has 0 unspecified atom stereocenters. The lowest BCUT2D eigenvalue weighted by Gasteiger charge is -2.03. The van der Waals surface area contributed by atoms with Crippen LogP contribution in [0.3, 0.4) is 0 Å². The number of thiocarbonyl (C=S) groups is 1. The quantitative estimate of drug-likeness (QED) is 0.763. The third-order valence-electron chi connectivity index (χ3n) is 2.31. The third kappa shape index (κ3) is 1.78. The number of nitrogens with zero attached hydrogens (tertiary/aromatic N) is 3. The van der Waals surface area contributed by atoms with E-state index in [0.717, 1.165) is 17.8 Å². The number of hydrogen-bond acceptors (Lipinski definition) is 4. The van der Waals surface area contributed by atoms with Gasteiger partial charge in [-0.2, -0.15) is 0 Å². The van der Waals surface area contributed by atoms with Crippen molar-refractivity contribution < 1.29 is 4.74 Å². The van der Waals surface area contributed by atoms with Crippen LogP contribution in [0.4, 0.5) is 0 Å². The zero-order chi connectivity index (χ0) is 11.5. The van der Waals surface area contributed by atoms with Gasteiger partial charge < -0.3 is 4.74 Å². The van der Waals surface area contributed by atoms with E-state index in [0.29, 0.717) is 17.4 Å². The van der Waals surface area contributed by atoms with Crippen molar-refractivity contribution in [3.63, 3.8) is 0 Å². The van der Waals surface area contributed by atoms with Crippen LogP contribution in [-0.2, 0) is 11.2 Å². The fourth-order valence-corrected chi connectivity index (χ4v) is 1.92. The van der Waals surface area contributed by atoms with Crippen LogP contribution in [0.15, 0.2) is 18.5 Å². The summed E-state index contributed by atoms with van der Waals surface area (Å²) in [6, 6.07) is 1.88. The molecule has 0 N–H and O–H groups in total. The molecule has 2 aromatic heterocycles. The molecule has 2 rings (SSSR count). The Hall–Kier alpha value is -1.49. The molecule has 2 heterocycles. The lowest BCUT2D eigenvalue weighted by atomic mass is 10.3. The fourth-order valence-electron chi connectivity index (χ4n) is 1.64. The Labute approximate surface area is 99.3 Å². The second-order valence-corrected chi connectivity index (χ2v) is 3.64. The maximum Gasteiger partial charge on any atom is 0.234 e. The summed E-state index contributed by atoms with van der Waals surface area (Å²) in [5.41, 5.74) is 1.78. The molecule has 16 heavy (non-hydrogen) atoms. The van der Waals surface area contributed by atoms with E-state index in [1.807, 2.05) is 23.6 Å². The van der Waals surface area contributed by atoms with Crippen molar-refractivity contribution in [3.8, 4) is 0 Å². The highest BCUT2D eigenvalue weighted by Crippen LogP contribution is 2.13. The van der Waals surface area contributed by atoms with Crippen LogP contribution < -0.4 is 0 Å². The summed E-state index contributed by atoms with van der Waals surface area (Å²) in [7, 11) is 0. The molecule has 0 aliphatic rings. The maximum absolute atomic E-state index is 5.33. The minimum absolute atomic E-state index is 0.449. The summed E-state index contributed by atoms with van der Waals surface area (Å²) < 4.78 is 7.27. The van der Waals surface area contributed by atoms with Crippen LogP contribution in [0, 0.1) is 0 Å². The van der Waals surface area contributed by atoms with Crippen molar-refractivity contribution in [3.05, 3.63) is 29.8 Å². The van der Waals surface area contributed by atoms with E-state index in [9.17, 15) is 0 Å². The molecule has 0 saturated carbocycles. The Morgan fingerprint density at radius 1 is 1.50 bits per heavy atom. The van der Waals surface area contributed by atoms with Crippen LogP contribution in [0.1, 0.15) is 25.2 Å². The average molecular weight is 235 g/mol. The van der Waals surface area contributed by atoms with Crippen LogP contribution in [0.25, 0.3) is 5.78 Å². The molecule has 0 aliphatic carbocycles. The van der Waals surface area contributed by atoms with E-state index in [1.165, 1.54) is 0 Å². The van der Waals surface area contributed by atoms with Gasteiger partial charge in [0.05, 0.1) is 12.3 Å². The molecule has 0 bridgehead atoms. The molecule has 84 valence electrons. The van der Waals surface area contributed by atoms with Crippen LogP contribution in [0.5, 0.6) is 0 Å². The minimum Gasteiger partial charge on any atom is -0.482 e. The minimum atomic E-state index is 0.449. The van der Waals surface area contributed by atoms with Crippen LogP contribution in [0.2, 0.25) is 0 Å². The largest absolute Gasteiger partial charge is 0.482 e. The lowest BCUT2D eigenvalue weighted by molar-refractivity contribution is 0.336. The van der Waals surface area contributed by atoms with E-state index >= 15 is 0 Å². The molecule has 4 nitrogen and oxygen atoms in total. The molecular formula is C11H13N3OS. The number of imidazole rings is 1. The van der Waals surface area contributed by atoms with E-state index in [4.69, 9.17) is 17.0 Å². The summed E-state index contributed by atoms with van der Waals surface area (Å²) in [6.45, 7) is 4.53. The number of aryl methyl sites for hydroxylation is 1. The van der Waals surface area contributed by atoms with E-state index in [2.05, 4.69) is 16.9 Å². The molecule has 0 saturated heterocycles. The number of fused-ring (bicyclic) bond motifs is 1. The highest BCUT2D eigenvalue weighted by Gasteiger charge is 2.15. The monoisotopic (exact) mass is 235 g/mol. The molecule has 0 fully saturated rings. The van der Waals surface area contributed by atoms with Gasteiger partial charge in [-0.3, -0.25) is 4.40 Å². The number of hydrogen-bond donors (Lipinski definition) is 0. The van der Waals surface area contributed by atoms with Gasteiger partial charge >= 0.3 is 0 Å². The SMILES string of the molecule is CCOC(=S)c1nc2ncccn2c1CC. The summed E-state index contributed by atoms with van der Waals surface area (Å²) >= 11 is 5.19. The van der Waals surface area contributed by atoms with Gasteiger partial charge in [-0.05, 0) is 31.6 Å². The number of aromatic nitrogens is 3. The Morgan fingerprint density at radius 2 is 2.31 bits per heavy atom. The van der Waals surface area contributed by atoms with Crippen molar-refractivity contribution in [1.82, 2.24) is 14.4 Å². The Bertz CT molecular complexity index is 521. The molecule has 5 heteroatoms. The van der Waals surface area contributed by atoms with Gasteiger partial charge in [0.1, 0.15) is 5.69 Å². The molecule has 0 atom stereocenters. The zero-order valence-electron chi connectivity index (χ0n) is 9.30. The van der Waals surface area contributed by atoms with Gasteiger partial charge in [-0.15, -0.1) is 0 Å². The van der Waals surface area contributed by atoms with Crippen LogP contribution >= 0.6 is 12.2 Å². The number of ether oxygens (including phenoxy) is 1. The zero-order valence-corrected chi connectivity index (χ0v) is 10.1. The first-order chi connectivity index (χ1) is 7.77. The van der Waals surface area contributed by atoms with Crippen LogP contribution in [-0.4, -0.2) is 26.0 Å². The fraction of sp³-hybridized carbons (Fsp3) is 0.364. The Kier molecular flexibility index (Phi) is 3.14. The van der Waals surface area contributed by atoms with Gasteiger partial charge in [0.2, 0.25) is 10.8 Å². The Morgan fingerprint density at radius 3 is 3.00 bits per heavy atom. The smallest absolute Gasteiger partial charge is 0.234 e. The highest BCUT2D eigenvalue weighted by atomic mass is 32.1. The second-order valence-electron chi connectivity index (χ2n) is 3.27. The second kappa shape index (κ2) is 4.57. The molecular weight excluding hydrogens is 222 g/mol. The molecule has 0 spiro atoms. The molecule has 0 aromatic carbocycles.